The smallest absolute Gasteiger partial charge is 0.0396 e. The van der Waals surface area contributed by atoms with Gasteiger partial charge in [-0.15, -0.1) is 0 Å². The van der Waals surface area contributed by atoms with E-state index >= 15 is 0 Å². The van der Waals surface area contributed by atoms with Gasteiger partial charge in [0.05, 0.1) is 0 Å². The second kappa shape index (κ2) is 7.70. The molecule has 0 heterocycles. The number of thioether (sulfide) groups is 1. The SMILES string of the molecule is CSCCCN(C)c1ccc(C)cc1CC(C)N. The van der Waals surface area contributed by atoms with E-state index in [-0.39, 0.29) is 6.04 Å². The Morgan fingerprint density at radius 2 is 2.11 bits per heavy atom. The molecule has 0 saturated carbocycles. The topological polar surface area (TPSA) is 29.3 Å². The number of hydrogen-bond acceptors (Lipinski definition) is 3. The minimum absolute atomic E-state index is 0.213. The molecule has 2 N–H and O–H groups in total. The molecule has 0 aliphatic heterocycles. The Kier molecular flexibility index (Phi) is 6.58. The van der Waals surface area contributed by atoms with Gasteiger partial charge in [-0.25, -0.2) is 0 Å². The van der Waals surface area contributed by atoms with Crippen molar-refractivity contribution in [2.24, 2.45) is 5.73 Å². The monoisotopic (exact) mass is 266 g/mol. The molecule has 0 amide bonds. The van der Waals surface area contributed by atoms with Crippen molar-refractivity contribution in [2.45, 2.75) is 32.7 Å². The summed E-state index contributed by atoms with van der Waals surface area (Å²) in [7, 11) is 2.18. The summed E-state index contributed by atoms with van der Waals surface area (Å²) in [6, 6.07) is 6.89. The average Bonchev–Trinajstić information content (AvgIpc) is 2.28. The lowest BCUT2D eigenvalue weighted by Crippen LogP contribution is -2.23. The van der Waals surface area contributed by atoms with Crippen LogP contribution in [0.15, 0.2) is 18.2 Å². The van der Waals surface area contributed by atoms with E-state index in [0.717, 1.165) is 13.0 Å². The van der Waals surface area contributed by atoms with Gasteiger partial charge in [0.1, 0.15) is 0 Å². The Hall–Kier alpha value is -0.670. The molecule has 1 unspecified atom stereocenters. The van der Waals surface area contributed by atoms with E-state index in [2.05, 4.69) is 50.2 Å². The van der Waals surface area contributed by atoms with Crippen molar-refractivity contribution in [3.8, 4) is 0 Å². The minimum Gasteiger partial charge on any atom is -0.374 e. The van der Waals surface area contributed by atoms with Crippen molar-refractivity contribution >= 4 is 17.4 Å². The predicted molar refractivity (Wildman–Crippen MR) is 84.8 cm³/mol. The molecule has 18 heavy (non-hydrogen) atoms. The Bertz CT molecular complexity index is 364. The molecular formula is C15H26N2S. The third-order valence-electron chi connectivity index (χ3n) is 3.03. The van der Waals surface area contributed by atoms with Crippen LogP contribution in [0.2, 0.25) is 0 Å². The summed E-state index contributed by atoms with van der Waals surface area (Å²) in [5.74, 6) is 1.22. The maximum absolute atomic E-state index is 5.94. The second-order valence-corrected chi connectivity index (χ2v) is 6.07. The standard InChI is InChI=1S/C15H26N2S/c1-12-6-7-15(14(10-12)11-13(2)16)17(3)8-5-9-18-4/h6-7,10,13H,5,8-9,11,16H2,1-4H3. The van der Waals surface area contributed by atoms with Crippen LogP contribution in [0.3, 0.4) is 0 Å². The lowest BCUT2D eigenvalue weighted by molar-refractivity contribution is 0.732. The van der Waals surface area contributed by atoms with Crippen molar-refractivity contribution in [1.29, 1.82) is 0 Å². The maximum atomic E-state index is 5.94. The molecule has 3 heteroatoms. The molecule has 0 aliphatic carbocycles. The number of benzene rings is 1. The molecular weight excluding hydrogens is 240 g/mol. The summed E-state index contributed by atoms with van der Waals surface area (Å²) >= 11 is 1.91. The number of anilines is 1. The van der Waals surface area contributed by atoms with Crippen LogP contribution in [0.5, 0.6) is 0 Å². The number of nitrogens with two attached hydrogens (primary N) is 1. The summed E-state index contributed by atoms with van der Waals surface area (Å²) in [6.07, 6.45) is 4.33. The summed E-state index contributed by atoms with van der Waals surface area (Å²) < 4.78 is 0. The van der Waals surface area contributed by atoms with Gasteiger partial charge in [0.15, 0.2) is 0 Å². The molecule has 0 fully saturated rings. The largest absolute Gasteiger partial charge is 0.374 e. The molecule has 1 rings (SSSR count). The lowest BCUT2D eigenvalue weighted by atomic mass is 10.0. The highest BCUT2D eigenvalue weighted by molar-refractivity contribution is 7.98. The first-order chi connectivity index (χ1) is 8.54. The zero-order valence-corrected chi connectivity index (χ0v) is 12.9. The van der Waals surface area contributed by atoms with Crippen molar-refractivity contribution in [2.75, 3.05) is 30.5 Å². The fraction of sp³-hybridized carbons (Fsp3) is 0.600. The number of hydrogen-bond donors (Lipinski definition) is 1. The van der Waals surface area contributed by atoms with Crippen LogP contribution in [0.1, 0.15) is 24.5 Å². The molecule has 0 aliphatic rings. The van der Waals surface area contributed by atoms with Crippen LogP contribution in [0.4, 0.5) is 5.69 Å². The van der Waals surface area contributed by atoms with Crippen LogP contribution in [-0.2, 0) is 6.42 Å². The highest BCUT2D eigenvalue weighted by Crippen LogP contribution is 2.22. The van der Waals surface area contributed by atoms with Gasteiger partial charge in [-0.1, -0.05) is 17.7 Å². The van der Waals surface area contributed by atoms with E-state index in [1.807, 2.05) is 11.8 Å². The van der Waals surface area contributed by atoms with Gasteiger partial charge in [-0.05, 0) is 50.3 Å². The third kappa shape index (κ3) is 4.91. The normalized spacial score (nSPS) is 12.5. The maximum Gasteiger partial charge on any atom is 0.0396 e. The van der Waals surface area contributed by atoms with Gasteiger partial charge in [-0.3, -0.25) is 0 Å². The Morgan fingerprint density at radius 3 is 2.72 bits per heavy atom. The van der Waals surface area contributed by atoms with Gasteiger partial charge in [0.25, 0.3) is 0 Å². The third-order valence-corrected chi connectivity index (χ3v) is 3.73. The molecule has 102 valence electrons. The number of nitrogens with zero attached hydrogens (tertiary/aromatic N) is 1. The minimum atomic E-state index is 0.213. The van der Waals surface area contributed by atoms with E-state index in [9.17, 15) is 0 Å². The van der Waals surface area contributed by atoms with Gasteiger partial charge < -0.3 is 10.6 Å². The van der Waals surface area contributed by atoms with Gasteiger partial charge in [-0.2, -0.15) is 11.8 Å². The van der Waals surface area contributed by atoms with E-state index in [4.69, 9.17) is 5.73 Å². The first kappa shape index (κ1) is 15.4. The zero-order chi connectivity index (χ0) is 13.5. The van der Waals surface area contributed by atoms with E-state index < -0.39 is 0 Å². The quantitative estimate of drug-likeness (QED) is 0.769. The molecule has 0 spiro atoms. The molecule has 1 aromatic rings. The number of aryl methyl sites for hydroxylation is 1. The van der Waals surface area contributed by atoms with Crippen molar-refractivity contribution in [3.63, 3.8) is 0 Å². The molecule has 2 nitrogen and oxygen atoms in total. The molecule has 0 radical (unpaired) electrons. The molecule has 0 bridgehead atoms. The molecule has 1 atom stereocenters. The van der Waals surface area contributed by atoms with Crippen molar-refractivity contribution in [3.05, 3.63) is 29.3 Å². The van der Waals surface area contributed by atoms with Crippen molar-refractivity contribution < 1.29 is 0 Å². The Labute approximate surface area is 116 Å². The van der Waals surface area contributed by atoms with Crippen LogP contribution < -0.4 is 10.6 Å². The summed E-state index contributed by atoms with van der Waals surface area (Å²) in [5.41, 5.74) is 9.96. The molecule has 1 aromatic carbocycles. The van der Waals surface area contributed by atoms with Crippen LogP contribution >= 0.6 is 11.8 Å². The highest BCUT2D eigenvalue weighted by Gasteiger charge is 2.09. The van der Waals surface area contributed by atoms with Crippen LogP contribution in [-0.4, -0.2) is 31.6 Å². The van der Waals surface area contributed by atoms with E-state index in [1.54, 1.807) is 0 Å². The zero-order valence-electron chi connectivity index (χ0n) is 12.1. The number of rotatable bonds is 7. The Morgan fingerprint density at radius 1 is 1.39 bits per heavy atom. The van der Waals surface area contributed by atoms with Gasteiger partial charge >= 0.3 is 0 Å². The molecule has 0 aromatic heterocycles. The second-order valence-electron chi connectivity index (χ2n) is 5.08. The average molecular weight is 266 g/mol. The van der Waals surface area contributed by atoms with E-state index in [1.165, 1.54) is 29.0 Å². The highest BCUT2D eigenvalue weighted by atomic mass is 32.2. The van der Waals surface area contributed by atoms with E-state index in [0.29, 0.717) is 0 Å². The first-order valence-corrected chi connectivity index (χ1v) is 7.99. The van der Waals surface area contributed by atoms with Gasteiger partial charge in [0.2, 0.25) is 0 Å². The fourth-order valence-electron chi connectivity index (χ4n) is 2.16. The summed E-state index contributed by atoms with van der Waals surface area (Å²) in [4.78, 5) is 2.35. The molecule has 0 saturated heterocycles. The van der Waals surface area contributed by atoms with Crippen molar-refractivity contribution in [1.82, 2.24) is 0 Å². The van der Waals surface area contributed by atoms with Crippen LogP contribution in [0.25, 0.3) is 0 Å². The van der Waals surface area contributed by atoms with Crippen LogP contribution in [0, 0.1) is 6.92 Å². The summed E-state index contributed by atoms with van der Waals surface area (Å²) in [5, 5.41) is 0. The lowest BCUT2D eigenvalue weighted by Gasteiger charge is -2.23. The fourth-order valence-corrected chi connectivity index (χ4v) is 2.58. The van der Waals surface area contributed by atoms with Gasteiger partial charge in [0, 0.05) is 25.3 Å². The first-order valence-electron chi connectivity index (χ1n) is 6.59. The Balaban J connectivity index is 2.78. The predicted octanol–water partition coefficient (Wildman–Crippen LogP) is 3.07. The summed E-state index contributed by atoms with van der Waals surface area (Å²) in [6.45, 7) is 5.32.